The van der Waals surface area contributed by atoms with Crippen molar-refractivity contribution in [1.82, 2.24) is 10.3 Å². The predicted octanol–water partition coefficient (Wildman–Crippen LogP) is 3.97. The Morgan fingerprint density at radius 1 is 1.14 bits per heavy atom. The van der Waals surface area contributed by atoms with E-state index in [9.17, 15) is 14.4 Å². The Morgan fingerprint density at radius 3 is 2.40 bits per heavy atom. The molecule has 35 heavy (non-hydrogen) atoms. The van der Waals surface area contributed by atoms with Gasteiger partial charge in [0.1, 0.15) is 6.04 Å². The van der Waals surface area contributed by atoms with Crippen LogP contribution in [-0.2, 0) is 25.5 Å². The Hall–Kier alpha value is -2.94. The molecular weight excluding hydrogens is 493 g/mol. The van der Waals surface area contributed by atoms with Crippen molar-refractivity contribution < 1.29 is 23.9 Å². The number of anilines is 1. The number of pyridine rings is 1. The number of ketones is 1. The maximum absolute atomic E-state index is 12.7. The van der Waals surface area contributed by atoms with E-state index in [1.807, 2.05) is 12.1 Å². The highest BCUT2D eigenvalue weighted by molar-refractivity contribution is 6.40. The van der Waals surface area contributed by atoms with Crippen LogP contribution in [0.2, 0.25) is 10.0 Å². The number of benzene rings is 1. The Kier molecular flexibility index (Phi) is 7.74. The van der Waals surface area contributed by atoms with Crippen LogP contribution in [0.4, 0.5) is 5.69 Å². The van der Waals surface area contributed by atoms with Crippen molar-refractivity contribution >= 4 is 46.5 Å². The lowest BCUT2D eigenvalue weighted by Crippen LogP contribution is -2.53. The minimum absolute atomic E-state index is 0.0698. The first-order valence-corrected chi connectivity index (χ1v) is 12.1. The van der Waals surface area contributed by atoms with Gasteiger partial charge in [-0.2, -0.15) is 0 Å². The zero-order chi connectivity index (χ0) is 25.0. The number of nitrogens with one attached hydrogen (secondary N) is 2. The SMILES string of the molecule is CCOC(=O)[C@H](Cc1ccc(NC(=O)c2c(Cl)cncc2Cl)cc1)NC1=CC(=O)C12CCOCC2. The van der Waals surface area contributed by atoms with Gasteiger partial charge in [-0.1, -0.05) is 35.3 Å². The Labute approximate surface area is 213 Å². The summed E-state index contributed by atoms with van der Waals surface area (Å²) in [6.45, 7) is 3.02. The second-order valence-corrected chi connectivity index (χ2v) is 9.21. The fourth-order valence-corrected chi connectivity index (χ4v) is 4.82. The highest BCUT2D eigenvalue weighted by atomic mass is 35.5. The molecule has 2 aromatic rings. The first-order chi connectivity index (χ1) is 16.8. The summed E-state index contributed by atoms with van der Waals surface area (Å²) in [7, 11) is 0. The van der Waals surface area contributed by atoms with E-state index in [1.165, 1.54) is 12.4 Å². The molecule has 1 spiro atoms. The molecule has 0 bridgehead atoms. The molecule has 0 unspecified atom stereocenters. The van der Waals surface area contributed by atoms with Gasteiger partial charge in [0.25, 0.3) is 5.91 Å². The second-order valence-electron chi connectivity index (χ2n) is 8.40. The van der Waals surface area contributed by atoms with Crippen molar-refractivity contribution in [1.29, 1.82) is 0 Å². The zero-order valence-corrected chi connectivity index (χ0v) is 20.6. The Bertz CT molecular complexity index is 1140. The topological polar surface area (TPSA) is 107 Å². The molecule has 4 rings (SSSR count). The van der Waals surface area contributed by atoms with Gasteiger partial charge in [0.05, 0.1) is 27.6 Å². The van der Waals surface area contributed by atoms with Crippen LogP contribution in [-0.4, -0.2) is 48.5 Å². The molecule has 10 heteroatoms. The fourth-order valence-electron chi connectivity index (χ4n) is 4.28. The average molecular weight is 518 g/mol. The van der Waals surface area contributed by atoms with Crippen LogP contribution in [0, 0.1) is 5.41 Å². The van der Waals surface area contributed by atoms with Crippen LogP contribution < -0.4 is 10.6 Å². The van der Waals surface area contributed by atoms with E-state index in [2.05, 4.69) is 15.6 Å². The molecule has 0 saturated carbocycles. The number of halogens is 2. The summed E-state index contributed by atoms with van der Waals surface area (Å²) >= 11 is 12.1. The number of hydrogen-bond donors (Lipinski definition) is 2. The van der Waals surface area contributed by atoms with E-state index in [-0.39, 0.29) is 28.0 Å². The first kappa shape index (κ1) is 25.2. The van der Waals surface area contributed by atoms with Gasteiger partial charge in [-0.15, -0.1) is 0 Å². The van der Waals surface area contributed by atoms with Crippen LogP contribution in [0.1, 0.15) is 35.7 Å². The molecule has 1 saturated heterocycles. The molecule has 2 N–H and O–H groups in total. The molecular formula is C25H25Cl2N3O5. The minimum atomic E-state index is -0.663. The van der Waals surface area contributed by atoms with Gasteiger partial charge in [-0.05, 0) is 37.5 Å². The van der Waals surface area contributed by atoms with Crippen molar-refractivity contribution in [3.8, 4) is 0 Å². The fraction of sp³-hybridized carbons (Fsp3) is 0.360. The molecule has 1 aliphatic carbocycles. The number of esters is 1. The number of hydrogen-bond acceptors (Lipinski definition) is 7. The number of rotatable bonds is 8. The standard InChI is InChI=1S/C25H25Cl2N3O5/c1-2-35-24(33)19(30-20-12-21(31)25(20)7-9-34-10-8-25)11-15-3-5-16(6-4-15)29-23(32)22-17(26)13-28-14-18(22)27/h3-6,12-14,19,30H,2,7-11H2,1H3,(H,29,32)/t19-/m0/s1. The van der Waals surface area contributed by atoms with Crippen LogP contribution in [0.15, 0.2) is 48.4 Å². The van der Waals surface area contributed by atoms with Crippen LogP contribution in [0.25, 0.3) is 0 Å². The minimum Gasteiger partial charge on any atom is -0.464 e. The zero-order valence-electron chi connectivity index (χ0n) is 19.1. The lowest BCUT2D eigenvalue weighted by atomic mass is 9.66. The molecule has 1 aromatic carbocycles. The van der Waals surface area contributed by atoms with Crippen molar-refractivity contribution in [2.45, 2.75) is 32.2 Å². The summed E-state index contributed by atoms with van der Waals surface area (Å²) in [5.74, 6) is -0.778. The maximum Gasteiger partial charge on any atom is 0.328 e. The smallest absolute Gasteiger partial charge is 0.328 e. The molecule has 1 amide bonds. The summed E-state index contributed by atoms with van der Waals surface area (Å²) in [4.78, 5) is 41.5. The molecule has 1 aliphatic heterocycles. The number of aromatic nitrogens is 1. The van der Waals surface area contributed by atoms with Crippen molar-refractivity contribution in [3.05, 3.63) is 69.6 Å². The normalized spacial score (nSPS) is 17.2. The van der Waals surface area contributed by atoms with Gasteiger partial charge in [0, 0.05) is 49.5 Å². The molecule has 1 aromatic heterocycles. The summed E-state index contributed by atoms with van der Waals surface area (Å²) in [5, 5.41) is 6.33. The first-order valence-electron chi connectivity index (χ1n) is 11.3. The van der Waals surface area contributed by atoms with E-state index in [1.54, 1.807) is 25.1 Å². The molecule has 0 radical (unpaired) electrons. The highest BCUT2D eigenvalue weighted by Crippen LogP contribution is 2.45. The highest BCUT2D eigenvalue weighted by Gasteiger charge is 2.49. The third-order valence-corrected chi connectivity index (χ3v) is 6.82. The third kappa shape index (κ3) is 5.34. The Morgan fingerprint density at radius 2 is 1.80 bits per heavy atom. The summed E-state index contributed by atoms with van der Waals surface area (Å²) < 4.78 is 10.7. The van der Waals surface area contributed by atoms with Crippen molar-refractivity contribution in [2.75, 3.05) is 25.1 Å². The molecule has 2 aliphatic rings. The number of ether oxygens (including phenoxy) is 2. The molecule has 8 nitrogen and oxygen atoms in total. The van der Waals surface area contributed by atoms with E-state index in [0.717, 1.165) is 11.3 Å². The van der Waals surface area contributed by atoms with Gasteiger partial charge < -0.3 is 20.1 Å². The molecule has 1 fully saturated rings. The van der Waals surface area contributed by atoms with Gasteiger partial charge in [0.15, 0.2) is 5.78 Å². The van der Waals surface area contributed by atoms with Gasteiger partial charge in [-0.25, -0.2) is 4.79 Å². The Balaban J connectivity index is 1.45. The van der Waals surface area contributed by atoms with Crippen molar-refractivity contribution in [3.63, 3.8) is 0 Å². The summed E-state index contributed by atoms with van der Waals surface area (Å²) in [6.07, 6.45) is 5.80. The lowest BCUT2D eigenvalue weighted by Gasteiger charge is -2.44. The predicted molar refractivity (Wildman–Crippen MR) is 131 cm³/mol. The quantitative estimate of drug-likeness (QED) is 0.510. The number of carbonyl (C=O) groups is 3. The van der Waals surface area contributed by atoms with Crippen LogP contribution in [0.5, 0.6) is 0 Å². The van der Waals surface area contributed by atoms with Crippen LogP contribution in [0.3, 0.4) is 0 Å². The van der Waals surface area contributed by atoms with E-state index in [4.69, 9.17) is 32.7 Å². The number of allylic oxidation sites excluding steroid dienone is 2. The second kappa shape index (κ2) is 10.8. The monoisotopic (exact) mass is 517 g/mol. The summed E-state index contributed by atoms with van der Waals surface area (Å²) in [5.41, 5.74) is 1.70. The van der Waals surface area contributed by atoms with Crippen LogP contribution >= 0.6 is 23.2 Å². The molecule has 184 valence electrons. The number of nitrogens with zero attached hydrogens (tertiary/aromatic N) is 1. The number of carbonyl (C=O) groups excluding carboxylic acids is 3. The maximum atomic E-state index is 12.7. The largest absolute Gasteiger partial charge is 0.464 e. The average Bonchev–Trinajstić information content (AvgIpc) is 2.85. The molecule has 2 heterocycles. The molecule has 1 atom stereocenters. The van der Waals surface area contributed by atoms with Gasteiger partial charge in [-0.3, -0.25) is 14.6 Å². The van der Waals surface area contributed by atoms with Gasteiger partial charge >= 0.3 is 5.97 Å². The lowest BCUT2D eigenvalue weighted by molar-refractivity contribution is -0.146. The van der Waals surface area contributed by atoms with E-state index in [0.29, 0.717) is 38.2 Å². The van der Waals surface area contributed by atoms with E-state index >= 15 is 0 Å². The third-order valence-electron chi connectivity index (χ3n) is 6.24. The summed E-state index contributed by atoms with van der Waals surface area (Å²) in [6, 6.07) is 6.41. The van der Waals surface area contributed by atoms with Crippen molar-refractivity contribution in [2.24, 2.45) is 5.41 Å². The van der Waals surface area contributed by atoms with E-state index < -0.39 is 23.3 Å². The van der Waals surface area contributed by atoms with Gasteiger partial charge in [0.2, 0.25) is 0 Å². The number of amides is 1.